The number of sulfone groups is 1. The molecule has 0 unspecified atom stereocenters. The smallest absolute Gasteiger partial charge is 0.248 e. The zero-order valence-corrected chi connectivity index (χ0v) is 14.7. The van der Waals surface area contributed by atoms with Gasteiger partial charge in [0.15, 0.2) is 5.69 Å². The van der Waals surface area contributed by atoms with E-state index in [2.05, 4.69) is 40.6 Å². The zero-order valence-electron chi connectivity index (χ0n) is 13.1. The van der Waals surface area contributed by atoms with Crippen molar-refractivity contribution >= 4 is 38.9 Å². The van der Waals surface area contributed by atoms with E-state index in [1.54, 1.807) is 0 Å². The standard InChI is InChI=1S/C12H10ClFN8O4S/c13-6-3-5(1-2-7(6)14)16-10(20-23)9-8(21-26-22-9)4-27(24,25)12-17-11(15)18-19-12/h1-3,23H,4H2,(H,16,20)(H3,15,17,18,19). The lowest BCUT2D eigenvalue weighted by molar-refractivity contribution is 0.301. The van der Waals surface area contributed by atoms with Crippen LogP contribution in [0.1, 0.15) is 11.4 Å². The number of oxime groups is 1. The Hall–Kier alpha value is -3.26. The lowest BCUT2D eigenvalue weighted by atomic mass is 10.2. The third-order valence-electron chi connectivity index (χ3n) is 3.17. The third kappa shape index (κ3) is 3.95. The molecule has 0 amide bonds. The van der Waals surface area contributed by atoms with Crippen LogP contribution >= 0.6 is 11.6 Å². The molecule has 0 saturated heterocycles. The van der Waals surface area contributed by atoms with Gasteiger partial charge in [0.2, 0.25) is 26.8 Å². The van der Waals surface area contributed by atoms with Crippen LogP contribution in [0.15, 0.2) is 33.1 Å². The van der Waals surface area contributed by atoms with Crippen molar-refractivity contribution in [1.82, 2.24) is 25.5 Å². The first-order valence-corrected chi connectivity index (χ1v) is 9.00. The Labute approximate surface area is 155 Å². The minimum Gasteiger partial charge on any atom is -0.409 e. The third-order valence-corrected chi connectivity index (χ3v) is 4.88. The molecule has 0 bridgehead atoms. The van der Waals surface area contributed by atoms with Gasteiger partial charge in [-0.05, 0) is 23.4 Å². The zero-order chi connectivity index (χ0) is 19.6. The second kappa shape index (κ2) is 7.16. The highest BCUT2D eigenvalue weighted by Crippen LogP contribution is 2.21. The molecule has 0 radical (unpaired) electrons. The number of H-pyrrole nitrogens is 1. The van der Waals surface area contributed by atoms with Gasteiger partial charge in [0, 0.05) is 5.69 Å². The summed E-state index contributed by atoms with van der Waals surface area (Å²) in [7, 11) is -4.02. The van der Waals surface area contributed by atoms with Gasteiger partial charge in [0.25, 0.3) is 0 Å². The van der Waals surface area contributed by atoms with Gasteiger partial charge in [-0.15, -0.1) is 10.2 Å². The van der Waals surface area contributed by atoms with Crippen molar-refractivity contribution in [2.24, 2.45) is 5.16 Å². The summed E-state index contributed by atoms with van der Waals surface area (Å²) in [6, 6.07) is 3.62. The van der Waals surface area contributed by atoms with Crippen LogP contribution in [-0.2, 0) is 15.6 Å². The molecule has 0 spiro atoms. The first kappa shape index (κ1) is 18.5. The fraction of sp³-hybridized carbons (Fsp3) is 0.0833. The second-order valence-corrected chi connectivity index (χ2v) is 7.35. The Bertz CT molecular complexity index is 1110. The summed E-state index contributed by atoms with van der Waals surface area (Å²) < 4.78 is 42.5. The van der Waals surface area contributed by atoms with Gasteiger partial charge in [-0.25, -0.2) is 17.4 Å². The minimum absolute atomic E-state index is 0.179. The summed E-state index contributed by atoms with van der Waals surface area (Å²) >= 11 is 5.68. The molecule has 0 saturated carbocycles. The van der Waals surface area contributed by atoms with E-state index >= 15 is 0 Å². The molecular weight excluding hydrogens is 407 g/mol. The number of halogens is 2. The monoisotopic (exact) mass is 416 g/mol. The molecule has 3 rings (SSSR count). The molecule has 2 heterocycles. The molecular formula is C12H10ClFN8O4S. The highest BCUT2D eigenvalue weighted by molar-refractivity contribution is 7.90. The van der Waals surface area contributed by atoms with Crippen LogP contribution < -0.4 is 11.1 Å². The van der Waals surface area contributed by atoms with Crippen LogP contribution in [-0.4, -0.2) is 45.0 Å². The summed E-state index contributed by atoms with van der Waals surface area (Å²) in [4.78, 5) is 2.29. The maximum absolute atomic E-state index is 13.2. The number of rotatable bonds is 5. The number of nitrogens with zero attached hydrogens (tertiary/aromatic N) is 5. The summed E-state index contributed by atoms with van der Waals surface area (Å²) in [6.45, 7) is 0. The molecule has 142 valence electrons. The first-order valence-electron chi connectivity index (χ1n) is 6.97. The van der Waals surface area contributed by atoms with Crippen molar-refractivity contribution in [2.75, 3.05) is 11.1 Å². The van der Waals surface area contributed by atoms with Gasteiger partial charge in [-0.2, -0.15) is 0 Å². The maximum atomic E-state index is 13.2. The molecule has 0 aliphatic heterocycles. The Morgan fingerprint density at radius 2 is 2.19 bits per heavy atom. The molecule has 0 aliphatic rings. The predicted molar refractivity (Wildman–Crippen MR) is 89.3 cm³/mol. The Kier molecular flexibility index (Phi) is 4.91. The lowest BCUT2D eigenvalue weighted by Crippen LogP contribution is -2.18. The van der Waals surface area contributed by atoms with E-state index in [1.165, 1.54) is 12.1 Å². The Morgan fingerprint density at radius 3 is 2.81 bits per heavy atom. The van der Waals surface area contributed by atoms with E-state index < -0.39 is 26.6 Å². The van der Waals surface area contributed by atoms with Crippen LogP contribution in [0.2, 0.25) is 5.02 Å². The van der Waals surface area contributed by atoms with Crippen molar-refractivity contribution in [2.45, 2.75) is 10.9 Å². The molecule has 1 aromatic carbocycles. The predicted octanol–water partition coefficient (Wildman–Crippen LogP) is 0.784. The number of anilines is 2. The Morgan fingerprint density at radius 1 is 1.41 bits per heavy atom. The van der Waals surface area contributed by atoms with E-state index in [-0.39, 0.29) is 33.9 Å². The van der Waals surface area contributed by atoms with Crippen molar-refractivity contribution in [3.05, 3.63) is 40.4 Å². The van der Waals surface area contributed by atoms with E-state index in [1.807, 2.05) is 0 Å². The van der Waals surface area contributed by atoms with E-state index in [0.29, 0.717) is 0 Å². The molecule has 2 aromatic heterocycles. The number of aromatic nitrogens is 5. The molecule has 3 aromatic rings. The number of amidine groups is 1. The summed E-state index contributed by atoms with van der Waals surface area (Å²) in [5.41, 5.74) is 5.18. The van der Waals surface area contributed by atoms with Crippen LogP contribution in [0.3, 0.4) is 0 Å². The van der Waals surface area contributed by atoms with Crippen molar-refractivity contribution in [1.29, 1.82) is 0 Å². The van der Waals surface area contributed by atoms with Crippen LogP contribution in [0, 0.1) is 5.82 Å². The van der Waals surface area contributed by atoms with E-state index in [9.17, 15) is 18.0 Å². The summed E-state index contributed by atoms with van der Waals surface area (Å²) in [5.74, 6) is -1.84. The largest absolute Gasteiger partial charge is 0.409 e. The number of hydrogen-bond acceptors (Lipinski definition) is 10. The maximum Gasteiger partial charge on any atom is 0.248 e. The SMILES string of the molecule is Nc1nnc(S(=O)(=O)Cc2nonc2/C(=N\O)Nc2ccc(F)c(Cl)c2)[nH]1. The quantitative estimate of drug-likeness (QED) is 0.200. The summed E-state index contributed by atoms with van der Waals surface area (Å²) in [6.07, 6.45) is 0. The fourth-order valence-corrected chi connectivity index (χ4v) is 3.26. The normalized spacial score (nSPS) is 12.3. The molecule has 0 atom stereocenters. The van der Waals surface area contributed by atoms with Crippen LogP contribution in [0.5, 0.6) is 0 Å². The van der Waals surface area contributed by atoms with Gasteiger partial charge in [0.1, 0.15) is 17.3 Å². The molecule has 12 nitrogen and oxygen atoms in total. The second-order valence-electron chi connectivity index (χ2n) is 5.04. The molecule has 5 N–H and O–H groups in total. The highest BCUT2D eigenvalue weighted by Gasteiger charge is 2.27. The number of aromatic amines is 1. The number of benzene rings is 1. The van der Waals surface area contributed by atoms with E-state index in [0.717, 1.165) is 6.07 Å². The molecule has 0 fully saturated rings. The van der Waals surface area contributed by atoms with Gasteiger partial charge < -0.3 is 16.3 Å². The number of nitrogens with one attached hydrogen (secondary N) is 2. The average Bonchev–Trinajstić information content (AvgIpc) is 3.25. The van der Waals surface area contributed by atoms with Gasteiger partial charge >= 0.3 is 0 Å². The molecule has 15 heteroatoms. The van der Waals surface area contributed by atoms with Gasteiger partial charge in [-0.1, -0.05) is 21.9 Å². The number of nitrogen functional groups attached to an aromatic ring is 1. The van der Waals surface area contributed by atoms with Crippen LogP contribution in [0.25, 0.3) is 0 Å². The van der Waals surface area contributed by atoms with Crippen molar-refractivity contribution in [3.8, 4) is 0 Å². The minimum atomic E-state index is -4.02. The lowest BCUT2D eigenvalue weighted by Gasteiger charge is -2.07. The summed E-state index contributed by atoms with van der Waals surface area (Å²) in [5, 5.41) is 28.0. The van der Waals surface area contributed by atoms with Crippen molar-refractivity contribution in [3.63, 3.8) is 0 Å². The number of nitrogens with two attached hydrogens (primary N) is 1. The molecule has 0 aliphatic carbocycles. The molecule has 27 heavy (non-hydrogen) atoms. The first-order chi connectivity index (χ1) is 12.8. The van der Waals surface area contributed by atoms with Gasteiger partial charge in [0.05, 0.1) is 5.02 Å². The van der Waals surface area contributed by atoms with Crippen molar-refractivity contribution < 1.29 is 22.6 Å². The highest BCUT2D eigenvalue weighted by atomic mass is 35.5. The van der Waals surface area contributed by atoms with E-state index in [4.69, 9.17) is 17.3 Å². The average molecular weight is 417 g/mol. The fourth-order valence-electron chi connectivity index (χ4n) is 1.97. The van der Waals surface area contributed by atoms with Crippen LogP contribution in [0.4, 0.5) is 16.0 Å². The Balaban J connectivity index is 1.87. The number of hydrogen-bond donors (Lipinski definition) is 4. The van der Waals surface area contributed by atoms with Gasteiger partial charge in [-0.3, -0.25) is 4.98 Å². The topological polar surface area (TPSA) is 185 Å².